The first-order valence-corrected chi connectivity index (χ1v) is 5.59. The first-order chi connectivity index (χ1) is 8.65. The van der Waals surface area contributed by atoms with Gasteiger partial charge in [0, 0.05) is 6.07 Å². The zero-order chi connectivity index (χ0) is 12.7. The molecule has 0 spiro atoms. The van der Waals surface area contributed by atoms with Crippen LogP contribution in [0.2, 0.25) is 0 Å². The normalized spacial score (nSPS) is 11.0. The zero-order valence-electron chi connectivity index (χ0n) is 9.74. The van der Waals surface area contributed by atoms with E-state index in [0.29, 0.717) is 11.4 Å². The number of H-pyrrole nitrogens is 1. The number of phenols is 1. The van der Waals surface area contributed by atoms with Crippen molar-refractivity contribution in [2.24, 2.45) is 0 Å². The molecule has 3 aromatic rings. The number of nitrogens with one attached hydrogen (secondary N) is 1. The van der Waals surface area contributed by atoms with Crippen molar-refractivity contribution >= 4 is 11.0 Å². The van der Waals surface area contributed by atoms with Crippen molar-refractivity contribution in [1.29, 1.82) is 0 Å². The maximum atomic E-state index is 13.7. The third kappa shape index (κ3) is 1.62. The predicted octanol–water partition coefficient (Wildman–Crippen LogP) is 3.38. The van der Waals surface area contributed by atoms with Crippen LogP contribution in [0.5, 0.6) is 5.75 Å². The van der Waals surface area contributed by atoms with Crippen molar-refractivity contribution in [1.82, 2.24) is 9.97 Å². The Labute approximate surface area is 103 Å². The minimum Gasteiger partial charge on any atom is -0.508 e. The van der Waals surface area contributed by atoms with E-state index in [9.17, 15) is 9.50 Å². The topological polar surface area (TPSA) is 48.9 Å². The van der Waals surface area contributed by atoms with E-state index in [1.165, 1.54) is 12.1 Å². The quantitative estimate of drug-likeness (QED) is 0.687. The van der Waals surface area contributed by atoms with Crippen LogP contribution >= 0.6 is 0 Å². The number of aryl methyl sites for hydroxylation is 1. The Morgan fingerprint density at radius 1 is 1.22 bits per heavy atom. The molecule has 0 radical (unpaired) electrons. The monoisotopic (exact) mass is 242 g/mol. The maximum absolute atomic E-state index is 13.7. The number of halogens is 1. The summed E-state index contributed by atoms with van der Waals surface area (Å²) in [5.41, 5.74) is 3.09. The number of fused-ring (bicyclic) bond motifs is 1. The van der Waals surface area contributed by atoms with Crippen LogP contribution < -0.4 is 0 Å². The minimum absolute atomic E-state index is 0.0939. The first-order valence-electron chi connectivity index (χ1n) is 5.59. The van der Waals surface area contributed by atoms with E-state index in [0.717, 1.165) is 22.7 Å². The molecule has 0 saturated heterocycles. The summed E-state index contributed by atoms with van der Waals surface area (Å²) in [7, 11) is 0. The van der Waals surface area contributed by atoms with Crippen molar-refractivity contribution in [2.75, 3.05) is 0 Å². The summed E-state index contributed by atoms with van der Waals surface area (Å²) in [4.78, 5) is 7.48. The molecule has 0 bridgehead atoms. The highest BCUT2D eigenvalue weighted by Gasteiger charge is 2.11. The second-order valence-electron chi connectivity index (χ2n) is 4.22. The van der Waals surface area contributed by atoms with Crippen molar-refractivity contribution in [3.8, 4) is 17.1 Å². The van der Waals surface area contributed by atoms with Crippen LogP contribution in [0, 0.1) is 12.7 Å². The minimum atomic E-state index is -0.494. The Kier molecular flexibility index (Phi) is 2.30. The molecule has 3 rings (SSSR count). The average Bonchev–Trinajstić information content (AvgIpc) is 2.74. The molecule has 0 aliphatic heterocycles. The van der Waals surface area contributed by atoms with Gasteiger partial charge in [-0.1, -0.05) is 12.1 Å². The second kappa shape index (κ2) is 3.84. The summed E-state index contributed by atoms with van der Waals surface area (Å²) in [5.74, 6) is -0.118. The zero-order valence-corrected chi connectivity index (χ0v) is 9.74. The average molecular weight is 242 g/mol. The molecule has 0 amide bonds. The lowest BCUT2D eigenvalue weighted by Gasteiger charge is -1.99. The molecular formula is C14H11FN2O. The van der Waals surface area contributed by atoms with Gasteiger partial charge in [-0.3, -0.25) is 0 Å². The summed E-state index contributed by atoms with van der Waals surface area (Å²) >= 11 is 0. The number of aromatic hydroxyl groups is 1. The predicted molar refractivity (Wildman–Crippen MR) is 67.9 cm³/mol. The van der Waals surface area contributed by atoms with Crippen LogP contribution in [0.4, 0.5) is 4.39 Å². The van der Waals surface area contributed by atoms with Crippen LogP contribution in [0.1, 0.15) is 5.56 Å². The Morgan fingerprint density at radius 3 is 2.78 bits per heavy atom. The van der Waals surface area contributed by atoms with Gasteiger partial charge in [-0.25, -0.2) is 9.37 Å². The number of aromatic nitrogens is 2. The van der Waals surface area contributed by atoms with Gasteiger partial charge in [0.1, 0.15) is 17.4 Å². The number of rotatable bonds is 1. The van der Waals surface area contributed by atoms with Crippen molar-refractivity contribution in [3.63, 3.8) is 0 Å². The van der Waals surface area contributed by atoms with Crippen LogP contribution in [0.15, 0.2) is 36.4 Å². The number of benzene rings is 2. The lowest BCUT2D eigenvalue weighted by atomic mass is 10.2. The van der Waals surface area contributed by atoms with Crippen LogP contribution in [-0.4, -0.2) is 15.1 Å². The molecule has 0 aliphatic carbocycles. The molecule has 1 aromatic heterocycles. The molecule has 0 saturated carbocycles. The summed E-state index contributed by atoms with van der Waals surface area (Å²) in [6.45, 7) is 1.96. The highest BCUT2D eigenvalue weighted by atomic mass is 19.1. The van der Waals surface area contributed by atoms with E-state index in [4.69, 9.17) is 0 Å². The Morgan fingerprint density at radius 2 is 2.06 bits per heavy atom. The number of phenolic OH excluding ortho intramolecular Hbond substituents is 1. The fraction of sp³-hybridized carbons (Fsp3) is 0.0714. The molecule has 0 atom stereocenters. The lowest BCUT2D eigenvalue weighted by molar-refractivity contribution is 0.469. The van der Waals surface area contributed by atoms with Gasteiger partial charge >= 0.3 is 0 Å². The SMILES string of the molecule is Cc1cccc2[nH]c(-c3ccc(O)cc3F)nc12. The van der Waals surface area contributed by atoms with Crippen molar-refractivity contribution < 1.29 is 9.50 Å². The summed E-state index contributed by atoms with van der Waals surface area (Å²) < 4.78 is 13.7. The molecule has 90 valence electrons. The molecule has 0 aliphatic rings. The Bertz CT molecular complexity index is 734. The van der Waals surface area contributed by atoms with Gasteiger partial charge in [-0.15, -0.1) is 0 Å². The van der Waals surface area contributed by atoms with E-state index >= 15 is 0 Å². The smallest absolute Gasteiger partial charge is 0.141 e. The van der Waals surface area contributed by atoms with Crippen molar-refractivity contribution in [3.05, 3.63) is 47.8 Å². The molecule has 2 aromatic carbocycles. The fourth-order valence-corrected chi connectivity index (χ4v) is 2.00. The molecule has 0 unspecified atom stereocenters. The molecule has 1 heterocycles. The van der Waals surface area contributed by atoms with E-state index in [-0.39, 0.29) is 5.75 Å². The molecule has 2 N–H and O–H groups in total. The fourth-order valence-electron chi connectivity index (χ4n) is 2.00. The second-order valence-corrected chi connectivity index (χ2v) is 4.22. The molecule has 3 nitrogen and oxygen atoms in total. The van der Waals surface area contributed by atoms with Crippen LogP contribution in [-0.2, 0) is 0 Å². The molecular weight excluding hydrogens is 231 g/mol. The van der Waals surface area contributed by atoms with E-state index < -0.39 is 5.82 Å². The first kappa shape index (κ1) is 10.8. The van der Waals surface area contributed by atoms with Crippen molar-refractivity contribution in [2.45, 2.75) is 6.92 Å². The standard InChI is InChI=1S/C14H11FN2O/c1-8-3-2-4-12-13(8)17-14(16-12)10-6-5-9(18)7-11(10)15/h2-7,18H,1H3,(H,16,17). The Hall–Kier alpha value is -2.36. The maximum Gasteiger partial charge on any atom is 0.141 e. The van der Waals surface area contributed by atoms with E-state index in [1.54, 1.807) is 0 Å². The number of aromatic amines is 1. The van der Waals surface area contributed by atoms with Crippen LogP contribution in [0.3, 0.4) is 0 Å². The van der Waals surface area contributed by atoms with E-state index in [2.05, 4.69) is 9.97 Å². The van der Waals surface area contributed by atoms with Gasteiger partial charge in [0.2, 0.25) is 0 Å². The number of imidazole rings is 1. The molecule has 0 fully saturated rings. The Balaban J connectivity index is 2.23. The third-order valence-electron chi connectivity index (χ3n) is 2.92. The summed E-state index contributed by atoms with van der Waals surface area (Å²) in [6.07, 6.45) is 0. The number of hydrogen-bond acceptors (Lipinski definition) is 2. The molecule has 4 heteroatoms. The van der Waals surface area contributed by atoms with Gasteiger partial charge < -0.3 is 10.1 Å². The molecule has 18 heavy (non-hydrogen) atoms. The number of nitrogens with zero attached hydrogens (tertiary/aromatic N) is 1. The van der Waals surface area contributed by atoms with Gasteiger partial charge in [0.25, 0.3) is 0 Å². The number of hydrogen-bond donors (Lipinski definition) is 2. The highest BCUT2D eigenvalue weighted by molar-refractivity contribution is 5.82. The lowest BCUT2D eigenvalue weighted by Crippen LogP contribution is -1.85. The highest BCUT2D eigenvalue weighted by Crippen LogP contribution is 2.26. The van der Waals surface area contributed by atoms with Gasteiger partial charge in [-0.05, 0) is 30.7 Å². The summed E-state index contributed by atoms with van der Waals surface area (Å²) in [6, 6.07) is 9.82. The van der Waals surface area contributed by atoms with Gasteiger partial charge in [-0.2, -0.15) is 0 Å². The van der Waals surface area contributed by atoms with Crippen LogP contribution in [0.25, 0.3) is 22.4 Å². The number of para-hydroxylation sites is 1. The summed E-state index contributed by atoms with van der Waals surface area (Å²) in [5, 5.41) is 9.20. The third-order valence-corrected chi connectivity index (χ3v) is 2.92. The van der Waals surface area contributed by atoms with E-state index in [1.807, 2.05) is 25.1 Å². The van der Waals surface area contributed by atoms with Gasteiger partial charge in [0.15, 0.2) is 0 Å². The largest absolute Gasteiger partial charge is 0.508 e. The van der Waals surface area contributed by atoms with Gasteiger partial charge in [0.05, 0.1) is 16.6 Å².